The first-order chi connectivity index (χ1) is 8.99. The standard InChI is InChI=1S/C12H23N3O2S2/c13-12(18)10-19(16,17)15-8-4-11(5-9-15)14-6-2-1-3-7-14/h11H,1-10H2,(H2,13,18). The molecule has 2 heterocycles. The van der Waals surface area contributed by atoms with Crippen LogP contribution in [-0.4, -0.2) is 60.6 Å². The van der Waals surface area contributed by atoms with E-state index in [-0.39, 0.29) is 10.7 Å². The van der Waals surface area contributed by atoms with Crippen LogP contribution in [0.5, 0.6) is 0 Å². The Labute approximate surface area is 121 Å². The molecule has 0 saturated carbocycles. The molecule has 2 fully saturated rings. The van der Waals surface area contributed by atoms with Crippen LogP contribution in [0.4, 0.5) is 0 Å². The van der Waals surface area contributed by atoms with Crippen molar-refractivity contribution in [1.82, 2.24) is 9.21 Å². The number of likely N-dealkylation sites (tertiary alicyclic amines) is 1. The van der Waals surface area contributed by atoms with Gasteiger partial charge in [0, 0.05) is 19.1 Å². The molecule has 0 aromatic rings. The minimum absolute atomic E-state index is 0.0538. The zero-order valence-corrected chi connectivity index (χ0v) is 12.9. The van der Waals surface area contributed by atoms with Crippen LogP contribution in [0.25, 0.3) is 0 Å². The molecule has 0 atom stereocenters. The summed E-state index contributed by atoms with van der Waals surface area (Å²) in [4.78, 5) is 2.58. The van der Waals surface area contributed by atoms with E-state index in [4.69, 9.17) is 18.0 Å². The monoisotopic (exact) mass is 305 g/mol. The second-order valence-corrected chi connectivity index (χ2v) is 7.94. The van der Waals surface area contributed by atoms with Crippen LogP contribution in [0.2, 0.25) is 0 Å². The Kier molecular flexibility index (Phi) is 5.16. The second-order valence-electron chi connectivity index (χ2n) is 5.45. The fraction of sp³-hybridized carbons (Fsp3) is 0.917. The Morgan fingerprint density at radius 2 is 1.68 bits per heavy atom. The summed E-state index contributed by atoms with van der Waals surface area (Å²) in [7, 11) is -3.29. The lowest BCUT2D eigenvalue weighted by Crippen LogP contribution is -2.49. The highest BCUT2D eigenvalue weighted by atomic mass is 32.2. The van der Waals surface area contributed by atoms with Crippen LogP contribution in [0.3, 0.4) is 0 Å². The van der Waals surface area contributed by atoms with Crippen LogP contribution < -0.4 is 5.73 Å². The summed E-state index contributed by atoms with van der Waals surface area (Å²) >= 11 is 4.70. The van der Waals surface area contributed by atoms with Crippen LogP contribution in [0, 0.1) is 0 Å². The quantitative estimate of drug-likeness (QED) is 0.769. The van der Waals surface area contributed by atoms with Crippen molar-refractivity contribution in [3.05, 3.63) is 0 Å². The minimum Gasteiger partial charge on any atom is -0.392 e. The molecule has 2 saturated heterocycles. The molecule has 0 spiro atoms. The van der Waals surface area contributed by atoms with Gasteiger partial charge in [-0.1, -0.05) is 18.6 Å². The van der Waals surface area contributed by atoms with E-state index in [1.165, 1.54) is 32.4 Å². The number of nitrogens with zero attached hydrogens (tertiary/aromatic N) is 2. The van der Waals surface area contributed by atoms with E-state index in [1.807, 2.05) is 0 Å². The second kappa shape index (κ2) is 6.47. The van der Waals surface area contributed by atoms with E-state index < -0.39 is 10.0 Å². The third kappa shape index (κ3) is 4.11. The molecule has 2 aliphatic rings. The van der Waals surface area contributed by atoms with Gasteiger partial charge >= 0.3 is 0 Å². The fourth-order valence-electron chi connectivity index (χ4n) is 3.04. The van der Waals surface area contributed by atoms with E-state index in [9.17, 15) is 8.42 Å². The topological polar surface area (TPSA) is 66.6 Å². The van der Waals surface area contributed by atoms with E-state index in [0.717, 1.165) is 12.8 Å². The largest absolute Gasteiger partial charge is 0.392 e. The van der Waals surface area contributed by atoms with Gasteiger partial charge in [-0.3, -0.25) is 0 Å². The average molecular weight is 305 g/mol. The predicted molar refractivity (Wildman–Crippen MR) is 80.6 cm³/mol. The molecule has 19 heavy (non-hydrogen) atoms. The number of hydrogen-bond acceptors (Lipinski definition) is 4. The molecule has 0 bridgehead atoms. The summed E-state index contributed by atoms with van der Waals surface area (Å²) in [6.07, 6.45) is 5.74. The first-order valence-corrected chi connectivity index (χ1v) is 9.01. The molecule has 2 rings (SSSR count). The van der Waals surface area contributed by atoms with E-state index in [2.05, 4.69) is 4.90 Å². The summed E-state index contributed by atoms with van der Waals surface area (Å²) in [6, 6.07) is 0.552. The summed E-state index contributed by atoms with van der Waals surface area (Å²) < 4.78 is 25.6. The van der Waals surface area contributed by atoms with E-state index in [1.54, 1.807) is 4.31 Å². The summed E-state index contributed by atoms with van der Waals surface area (Å²) in [5, 5.41) is 0. The maximum atomic E-state index is 12.0. The van der Waals surface area contributed by atoms with Crippen molar-refractivity contribution in [2.24, 2.45) is 5.73 Å². The van der Waals surface area contributed by atoms with Gasteiger partial charge in [0.2, 0.25) is 10.0 Å². The Hall–Kier alpha value is -0.240. The van der Waals surface area contributed by atoms with Gasteiger partial charge in [-0.15, -0.1) is 0 Å². The maximum absolute atomic E-state index is 12.0. The van der Waals surface area contributed by atoms with Crippen LogP contribution in [0.15, 0.2) is 0 Å². The van der Waals surface area contributed by atoms with Crippen LogP contribution in [0.1, 0.15) is 32.1 Å². The highest BCUT2D eigenvalue weighted by Gasteiger charge is 2.31. The van der Waals surface area contributed by atoms with Gasteiger partial charge in [0.05, 0.1) is 4.99 Å². The first kappa shape index (κ1) is 15.2. The number of hydrogen-bond donors (Lipinski definition) is 1. The molecule has 0 aliphatic carbocycles. The van der Waals surface area contributed by atoms with Gasteiger partial charge in [0.15, 0.2) is 0 Å². The van der Waals surface area contributed by atoms with Gasteiger partial charge in [-0.2, -0.15) is 0 Å². The van der Waals surface area contributed by atoms with Crippen molar-refractivity contribution < 1.29 is 8.42 Å². The molecule has 2 aliphatic heterocycles. The Balaban J connectivity index is 1.86. The maximum Gasteiger partial charge on any atom is 0.220 e. The fourth-order valence-corrected chi connectivity index (χ4v) is 4.80. The molecule has 5 nitrogen and oxygen atoms in total. The number of sulfonamides is 1. The third-order valence-corrected chi connectivity index (χ3v) is 6.20. The zero-order chi connectivity index (χ0) is 13.9. The number of nitrogens with two attached hydrogens (primary N) is 1. The molecule has 7 heteroatoms. The number of thiocarbonyl (C=S) groups is 1. The molecule has 110 valence electrons. The summed E-state index contributed by atoms with van der Waals surface area (Å²) in [5.41, 5.74) is 5.35. The molecule has 0 amide bonds. The molecular formula is C12H23N3O2S2. The van der Waals surface area contributed by atoms with Gasteiger partial charge in [-0.05, 0) is 38.8 Å². The Bertz CT molecular complexity index is 411. The lowest BCUT2D eigenvalue weighted by molar-refractivity contribution is 0.118. The third-order valence-electron chi connectivity index (χ3n) is 4.05. The average Bonchev–Trinajstić information content (AvgIpc) is 2.38. The Morgan fingerprint density at radius 1 is 1.11 bits per heavy atom. The highest BCUT2D eigenvalue weighted by Crippen LogP contribution is 2.22. The van der Waals surface area contributed by atoms with Crippen LogP contribution in [-0.2, 0) is 10.0 Å². The minimum atomic E-state index is -3.29. The Morgan fingerprint density at radius 3 is 2.21 bits per heavy atom. The number of rotatable bonds is 4. The number of piperidine rings is 2. The zero-order valence-electron chi connectivity index (χ0n) is 11.3. The first-order valence-electron chi connectivity index (χ1n) is 6.99. The van der Waals surface area contributed by atoms with Gasteiger partial charge < -0.3 is 10.6 Å². The van der Waals surface area contributed by atoms with Crippen LogP contribution >= 0.6 is 12.2 Å². The molecule has 2 N–H and O–H groups in total. The molecule has 0 unspecified atom stereocenters. The molecule has 0 aromatic carbocycles. The van der Waals surface area contributed by atoms with Gasteiger partial charge in [-0.25, -0.2) is 12.7 Å². The van der Waals surface area contributed by atoms with E-state index in [0.29, 0.717) is 19.1 Å². The summed E-state index contributed by atoms with van der Waals surface area (Å²) in [5.74, 6) is -0.198. The van der Waals surface area contributed by atoms with Gasteiger partial charge in [0.25, 0.3) is 0 Å². The van der Waals surface area contributed by atoms with Crippen molar-refractivity contribution in [3.63, 3.8) is 0 Å². The van der Waals surface area contributed by atoms with Crippen molar-refractivity contribution in [3.8, 4) is 0 Å². The van der Waals surface area contributed by atoms with Crippen molar-refractivity contribution in [1.29, 1.82) is 0 Å². The summed E-state index contributed by atoms with van der Waals surface area (Å²) in [6.45, 7) is 3.55. The lowest BCUT2D eigenvalue weighted by Gasteiger charge is -2.39. The lowest BCUT2D eigenvalue weighted by atomic mass is 10.0. The molecule has 0 aromatic heterocycles. The van der Waals surface area contributed by atoms with Crippen molar-refractivity contribution in [2.75, 3.05) is 31.9 Å². The van der Waals surface area contributed by atoms with Crippen molar-refractivity contribution in [2.45, 2.75) is 38.1 Å². The van der Waals surface area contributed by atoms with Crippen molar-refractivity contribution >= 4 is 27.2 Å². The molecular weight excluding hydrogens is 282 g/mol. The van der Waals surface area contributed by atoms with E-state index >= 15 is 0 Å². The predicted octanol–water partition coefficient (Wildman–Crippen LogP) is 0.553. The molecule has 0 radical (unpaired) electrons. The SMILES string of the molecule is NC(=S)CS(=O)(=O)N1CCC(N2CCCCC2)CC1. The smallest absolute Gasteiger partial charge is 0.220 e. The normalized spacial score (nSPS) is 24.4. The highest BCUT2D eigenvalue weighted by molar-refractivity contribution is 7.92. The van der Waals surface area contributed by atoms with Gasteiger partial charge in [0.1, 0.15) is 5.75 Å².